The number of hydrogen-bond donors (Lipinski definition) is 0. The highest BCUT2D eigenvalue weighted by molar-refractivity contribution is 6.99. The SMILES string of the molecule is CC(C)(C)c1cc2c3c(c1)-n1c4ccccc4c4c1c(cc1c5ccccc5n(-c5ccccc5)c14)B3c1ccccc1O2. The minimum Gasteiger partial charge on any atom is -0.458 e. The molecule has 4 heterocycles. The maximum atomic E-state index is 6.76. The van der Waals surface area contributed by atoms with Gasteiger partial charge in [0.2, 0.25) is 0 Å². The first-order valence-corrected chi connectivity index (χ1v) is 15.5. The lowest BCUT2D eigenvalue weighted by Gasteiger charge is -2.35. The first kappa shape index (κ1) is 24.3. The summed E-state index contributed by atoms with van der Waals surface area (Å²) in [5, 5.41) is 5.15. The molecular weight excluding hydrogens is 535 g/mol. The molecule has 4 heteroatoms. The largest absolute Gasteiger partial charge is 0.458 e. The van der Waals surface area contributed by atoms with Crippen molar-refractivity contribution in [1.29, 1.82) is 0 Å². The lowest BCUT2D eigenvalue weighted by Crippen LogP contribution is -2.58. The molecule has 10 rings (SSSR count). The molecule has 8 aromatic rings. The fourth-order valence-corrected chi connectivity index (χ4v) is 7.96. The van der Waals surface area contributed by atoms with Crippen molar-refractivity contribution in [3.05, 3.63) is 127 Å². The molecule has 0 atom stereocenters. The van der Waals surface area contributed by atoms with Crippen molar-refractivity contribution in [3.8, 4) is 22.9 Å². The molecule has 3 nitrogen and oxygen atoms in total. The smallest absolute Gasteiger partial charge is 0.256 e. The second-order valence-corrected chi connectivity index (χ2v) is 13.4. The van der Waals surface area contributed by atoms with Gasteiger partial charge in [-0.3, -0.25) is 0 Å². The van der Waals surface area contributed by atoms with E-state index in [1.165, 1.54) is 76.9 Å². The summed E-state index contributed by atoms with van der Waals surface area (Å²) in [5.74, 6) is 1.92. The normalized spacial score (nSPS) is 13.5. The van der Waals surface area contributed by atoms with E-state index in [9.17, 15) is 0 Å². The van der Waals surface area contributed by atoms with Crippen LogP contribution < -0.4 is 21.1 Å². The Hall–Kier alpha value is -5.22. The van der Waals surface area contributed by atoms with Crippen LogP contribution in [0.25, 0.3) is 55.0 Å². The lowest BCUT2D eigenvalue weighted by molar-refractivity contribution is 0.483. The van der Waals surface area contributed by atoms with Gasteiger partial charge in [-0.1, -0.05) is 99.6 Å². The lowest BCUT2D eigenvalue weighted by atomic mass is 9.34. The number of aromatic nitrogens is 2. The molecule has 0 bridgehead atoms. The van der Waals surface area contributed by atoms with Crippen LogP contribution in [0.5, 0.6) is 11.5 Å². The second-order valence-electron chi connectivity index (χ2n) is 13.4. The summed E-state index contributed by atoms with van der Waals surface area (Å²) in [4.78, 5) is 0. The van der Waals surface area contributed by atoms with Crippen molar-refractivity contribution in [1.82, 2.24) is 9.13 Å². The number of para-hydroxylation sites is 4. The second kappa shape index (κ2) is 8.24. The van der Waals surface area contributed by atoms with Gasteiger partial charge in [0, 0.05) is 32.9 Å². The van der Waals surface area contributed by atoms with Gasteiger partial charge in [-0.15, -0.1) is 0 Å². The molecule has 44 heavy (non-hydrogen) atoms. The van der Waals surface area contributed by atoms with E-state index in [0.717, 1.165) is 11.5 Å². The summed E-state index contributed by atoms with van der Waals surface area (Å²) in [6.45, 7) is 6.94. The van der Waals surface area contributed by atoms with Gasteiger partial charge >= 0.3 is 0 Å². The molecule has 0 saturated heterocycles. The van der Waals surface area contributed by atoms with Crippen LogP contribution in [0.4, 0.5) is 0 Å². The number of rotatable bonds is 1. The third-order valence-corrected chi connectivity index (χ3v) is 9.89. The summed E-state index contributed by atoms with van der Waals surface area (Å²) in [5.41, 5.74) is 12.5. The minimum absolute atomic E-state index is 0.0343. The van der Waals surface area contributed by atoms with Crippen molar-refractivity contribution >= 4 is 66.7 Å². The van der Waals surface area contributed by atoms with Crippen LogP contribution >= 0.6 is 0 Å². The first-order valence-electron chi connectivity index (χ1n) is 15.5. The molecule has 0 spiro atoms. The predicted molar refractivity (Wildman–Crippen MR) is 185 cm³/mol. The molecule has 2 aliphatic rings. The Bertz CT molecular complexity index is 2510. The summed E-state index contributed by atoms with van der Waals surface area (Å²) < 4.78 is 11.8. The van der Waals surface area contributed by atoms with E-state index in [1.807, 2.05) is 0 Å². The molecule has 0 saturated carbocycles. The average molecular weight is 564 g/mol. The van der Waals surface area contributed by atoms with Gasteiger partial charge in [-0.2, -0.15) is 0 Å². The van der Waals surface area contributed by atoms with Crippen molar-refractivity contribution < 1.29 is 4.74 Å². The molecule has 0 N–H and O–H groups in total. The Morgan fingerprint density at radius 3 is 2.05 bits per heavy atom. The molecule has 0 radical (unpaired) electrons. The van der Waals surface area contributed by atoms with Crippen LogP contribution in [0.3, 0.4) is 0 Å². The van der Waals surface area contributed by atoms with Crippen molar-refractivity contribution in [2.45, 2.75) is 26.2 Å². The van der Waals surface area contributed by atoms with Gasteiger partial charge in [-0.05, 0) is 69.8 Å². The van der Waals surface area contributed by atoms with Crippen LogP contribution in [0.2, 0.25) is 0 Å². The highest BCUT2D eigenvalue weighted by Gasteiger charge is 2.42. The summed E-state index contributed by atoms with van der Waals surface area (Å²) in [7, 11) is 0. The number of ether oxygens (including phenoxy) is 1. The van der Waals surface area contributed by atoms with E-state index in [4.69, 9.17) is 4.74 Å². The fraction of sp³-hybridized carbons (Fsp3) is 0.100. The molecule has 0 aliphatic carbocycles. The summed E-state index contributed by atoms with van der Waals surface area (Å²) in [6.07, 6.45) is 0. The predicted octanol–water partition coefficient (Wildman–Crippen LogP) is 8.11. The average Bonchev–Trinajstić information content (AvgIpc) is 3.56. The molecule has 0 unspecified atom stereocenters. The van der Waals surface area contributed by atoms with Gasteiger partial charge in [-0.25, -0.2) is 0 Å². The third-order valence-electron chi connectivity index (χ3n) is 9.89. The molecule has 2 aromatic heterocycles. The Balaban J connectivity index is 1.49. The van der Waals surface area contributed by atoms with E-state index in [1.54, 1.807) is 0 Å². The van der Waals surface area contributed by atoms with Crippen LogP contribution in [0.15, 0.2) is 121 Å². The number of nitrogens with zero attached hydrogens (tertiary/aromatic N) is 2. The molecule has 0 amide bonds. The van der Waals surface area contributed by atoms with Gasteiger partial charge in [0.05, 0.1) is 22.1 Å². The number of fused-ring (bicyclic) bond motifs is 11. The van der Waals surface area contributed by atoms with E-state index in [2.05, 4.69) is 151 Å². The Kier molecular flexibility index (Phi) is 4.54. The highest BCUT2D eigenvalue weighted by Crippen LogP contribution is 2.44. The zero-order chi connectivity index (χ0) is 29.3. The molecule has 0 fully saturated rings. The summed E-state index contributed by atoms with van der Waals surface area (Å²) in [6, 6.07) is 44.5. The van der Waals surface area contributed by atoms with E-state index >= 15 is 0 Å². The molecule has 6 aromatic carbocycles. The number of benzene rings is 6. The highest BCUT2D eigenvalue weighted by atomic mass is 16.5. The quantitative estimate of drug-likeness (QED) is 0.184. The molecule has 208 valence electrons. The zero-order valence-corrected chi connectivity index (χ0v) is 24.9. The monoisotopic (exact) mass is 564 g/mol. The van der Waals surface area contributed by atoms with Gasteiger partial charge in [0.25, 0.3) is 6.71 Å². The van der Waals surface area contributed by atoms with Crippen LogP contribution in [0.1, 0.15) is 26.3 Å². The minimum atomic E-state index is -0.0343. The summed E-state index contributed by atoms with van der Waals surface area (Å²) >= 11 is 0. The Morgan fingerprint density at radius 1 is 0.568 bits per heavy atom. The maximum Gasteiger partial charge on any atom is 0.256 e. The van der Waals surface area contributed by atoms with Crippen molar-refractivity contribution in [3.63, 3.8) is 0 Å². The maximum absolute atomic E-state index is 6.76. The van der Waals surface area contributed by atoms with Crippen molar-refractivity contribution in [2.24, 2.45) is 0 Å². The standard InChI is InChI=1S/C40H29BN2O/c1-40(2,3)24-21-33-37-35(22-24)44-34-20-12-9-17-29(34)41(37)30-23-28-26-15-7-10-18-31(26)42(25-13-5-4-6-14-25)38(28)36-27-16-8-11-19-32(27)43(33)39(30)36/h4-23H,1-3H3. The molecule has 2 aliphatic heterocycles. The zero-order valence-electron chi connectivity index (χ0n) is 24.9. The van der Waals surface area contributed by atoms with Crippen LogP contribution in [-0.2, 0) is 5.41 Å². The third kappa shape index (κ3) is 2.98. The van der Waals surface area contributed by atoms with E-state index < -0.39 is 0 Å². The molecular formula is C40H29BN2O. The van der Waals surface area contributed by atoms with Gasteiger partial charge in [0.1, 0.15) is 11.5 Å². The van der Waals surface area contributed by atoms with E-state index in [-0.39, 0.29) is 12.1 Å². The first-order chi connectivity index (χ1) is 21.5. The Labute approximate surface area is 256 Å². The number of hydrogen-bond acceptors (Lipinski definition) is 1. The van der Waals surface area contributed by atoms with E-state index in [0.29, 0.717) is 0 Å². The van der Waals surface area contributed by atoms with Crippen LogP contribution in [0, 0.1) is 0 Å². The van der Waals surface area contributed by atoms with Crippen LogP contribution in [-0.4, -0.2) is 15.8 Å². The Morgan fingerprint density at radius 2 is 1.25 bits per heavy atom. The fourth-order valence-electron chi connectivity index (χ4n) is 7.96. The van der Waals surface area contributed by atoms with Crippen molar-refractivity contribution in [2.75, 3.05) is 0 Å². The topological polar surface area (TPSA) is 19.1 Å². The van der Waals surface area contributed by atoms with Gasteiger partial charge in [0.15, 0.2) is 0 Å². The van der Waals surface area contributed by atoms with Gasteiger partial charge < -0.3 is 13.9 Å².